The molecule has 0 unspecified atom stereocenters. The highest BCUT2D eigenvalue weighted by atomic mass is 35.5. The zero-order valence-electron chi connectivity index (χ0n) is 6.16. The standard InChI is InChI=1S/C8H8N2.ClH/c1-3-7-4-6(2)8(9)5-10-7;/h1,4-5H,9H2,2H3;1H. The van der Waals surface area contributed by atoms with Crippen LogP contribution in [0.3, 0.4) is 0 Å². The van der Waals surface area contributed by atoms with Crippen LogP contribution in [0.15, 0.2) is 12.3 Å². The number of anilines is 1. The lowest BCUT2D eigenvalue weighted by Crippen LogP contribution is -1.92. The average Bonchev–Trinajstić information content (AvgIpc) is 1.95. The van der Waals surface area contributed by atoms with Gasteiger partial charge >= 0.3 is 0 Å². The molecule has 1 aromatic heterocycles. The molecule has 0 amide bonds. The highest BCUT2D eigenvalue weighted by molar-refractivity contribution is 5.85. The molecule has 0 spiro atoms. The SMILES string of the molecule is C#Cc1cc(C)c(N)cn1.Cl. The molecule has 0 saturated carbocycles. The Labute approximate surface area is 72.2 Å². The van der Waals surface area contributed by atoms with Gasteiger partial charge in [-0.2, -0.15) is 0 Å². The molecule has 2 nitrogen and oxygen atoms in total. The van der Waals surface area contributed by atoms with Gasteiger partial charge in [-0.05, 0) is 18.6 Å². The van der Waals surface area contributed by atoms with Crippen molar-refractivity contribution in [2.75, 3.05) is 5.73 Å². The molecule has 0 saturated heterocycles. The van der Waals surface area contributed by atoms with Crippen molar-refractivity contribution in [2.45, 2.75) is 6.92 Å². The van der Waals surface area contributed by atoms with Gasteiger partial charge in [-0.15, -0.1) is 18.8 Å². The first-order valence-electron chi connectivity index (χ1n) is 2.93. The van der Waals surface area contributed by atoms with Gasteiger partial charge in [0, 0.05) is 0 Å². The van der Waals surface area contributed by atoms with Gasteiger partial charge in [0.05, 0.1) is 11.9 Å². The molecule has 2 N–H and O–H groups in total. The molecule has 0 radical (unpaired) electrons. The summed E-state index contributed by atoms with van der Waals surface area (Å²) in [4.78, 5) is 3.90. The quantitative estimate of drug-likeness (QED) is 0.595. The third kappa shape index (κ3) is 2.14. The van der Waals surface area contributed by atoms with E-state index in [1.165, 1.54) is 0 Å². The van der Waals surface area contributed by atoms with Gasteiger partial charge in [0.25, 0.3) is 0 Å². The van der Waals surface area contributed by atoms with Gasteiger partial charge in [0.2, 0.25) is 0 Å². The van der Waals surface area contributed by atoms with Crippen LogP contribution in [-0.4, -0.2) is 4.98 Å². The molecule has 1 heterocycles. The molecule has 3 heteroatoms. The molecule has 0 aliphatic rings. The minimum absolute atomic E-state index is 0. The van der Waals surface area contributed by atoms with Crippen LogP contribution in [0.1, 0.15) is 11.3 Å². The maximum atomic E-state index is 5.51. The minimum atomic E-state index is 0. The Morgan fingerprint density at radius 2 is 2.27 bits per heavy atom. The first kappa shape index (κ1) is 9.80. The largest absolute Gasteiger partial charge is 0.397 e. The number of nitrogen functional groups attached to an aromatic ring is 1. The van der Waals surface area contributed by atoms with E-state index in [0.717, 1.165) is 5.56 Å². The lowest BCUT2D eigenvalue weighted by atomic mass is 10.2. The van der Waals surface area contributed by atoms with E-state index >= 15 is 0 Å². The van der Waals surface area contributed by atoms with Crippen molar-refractivity contribution in [1.29, 1.82) is 0 Å². The van der Waals surface area contributed by atoms with Gasteiger partial charge in [0.15, 0.2) is 0 Å². The number of aromatic nitrogens is 1. The van der Waals surface area contributed by atoms with E-state index in [4.69, 9.17) is 12.2 Å². The average molecular weight is 169 g/mol. The second-order valence-electron chi connectivity index (χ2n) is 2.07. The van der Waals surface area contributed by atoms with E-state index in [0.29, 0.717) is 11.4 Å². The van der Waals surface area contributed by atoms with Crippen LogP contribution in [-0.2, 0) is 0 Å². The Morgan fingerprint density at radius 1 is 1.64 bits per heavy atom. The predicted molar refractivity (Wildman–Crippen MR) is 48.6 cm³/mol. The molecule has 11 heavy (non-hydrogen) atoms. The molecular weight excluding hydrogens is 160 g/mol. The number of nitrogens with zero attached hydrogens (tertiary/aromatic N) is 1. The second-order valence-corrected chi connectivity index (χ2v) is 2.07. The van der Waals surface area contributed by atoms with Crippen LogP contribution in [0.5, 0.6) is 0 Å². The van der Waals surface area contributed by atoms with Crippen LogP contribution in [0.25, 0.3) is 0 Å². The number of nitrogens with two attached hydrogens (primary N) is 1. The summed E-state index contributed by atoms with van der Waals surface area (Å²) in [6.45, 7) is 1.90. The highest BCUT2D eigenvalue weighted by Crippen LogP contribution is 2.07. The normalized spacial score (nSPS) is 8.00. The van der Waals surface area contributed by atoms with Crippen molar-refractivity contribution in [2.24, 2.45) is 0 Å². The summed E-state index contributed by atoms with van der Waals surface area (Å²) in [5.74, 6) is 2.43. The van der Waals surface area contributed by atoms with Gasteiger partial charge in [-0.1, -0.05) is 5.92 Å². The summed E-state index contributed by atoms with van der Waals surface area (Å²) in [5, 5.41) is 0. The number of hydrogen-bond acceptors (Lipinski definition) is 2. The minimum Gasteiger partial charge on any atom is -0.397 e. The van der Waals surface area contributed by atoms with Crippen molar-refractivity contribution in [3.05, 3.63) is 23.5 Å². The molecule has 0 aliphatic carbocycles. The Morgan fingerprint density at radius 3 is 2.73 bits per heavy atom. The van der Waals surface area contributed by atoms with E-state index in [1.807, 2.05) is 6.92 Å². The molecule has 1 rings (SSSR count). The summed E-state index contributed by atoms with van der Waals surface area (Å²) in [7, 11) is 0. The third-order valence-electron chi connectivity index (χ3n) is 1.30. The van der Waals surface area contributed by atoms with Gasteiger partial charge < -0.3 is 5.73 Å². The van der Waals surface area contributed by atoms with E-state index in [-0.39, 0.29) is 12.4 Å². The first-order valence-corrected chi connectivity index (χ1v) is 2.93. The van der Waals surface area contributed by atoms with Crippen molar-refractivity contribution in [3.8, 4) is 12.3 Å². The topological polar surface area (TPSA) is 38.9 Å². The summed E-state index contributed by atoms with van der Waals surface area (Å²) < 4.78 is 0. The zero-order valence-corrected chi connectivity index (χ0v) is 6.98. The Hall–Kier alpha value is -1.20. The Bertz CT molecular complexity index is 289. The number of terminal acetylenes is 1. The first-order chi connectivity index (χ1) is 4.74. The van der Waals surface area contributed by atoms with Crippen LogP contribution >= 0.6 is 12.4 Å². The predicted octanol–water partition coefficient (Wildman–Crippen LogP) is 1.38. The summed E-state index contributed by atoms with van der Waals surface area (Å²) in [6, 6.07) is 1.79. The number of hydrogen-bond donors (Lipinski definition) is 1. The fourth-order valence-electron chi connectivity index (χ4n) is 0.646. The fourth-order valence-corrected chi connectivity index (χ4v) is 0.646. The third-order valence-corrected chi connectivity index (χ3v) is 1.30. The number of halogens is 1. The van der Waals surface area contributed by atoms with Gasteiger partial charge in [-0.3, -0.25) is 0 Å². The van der Waals surface area contributed by atoms with Crippen LogP contribution in [0, 0.1) is 19.3 Å². The Kier molecular flexibility index (Phi) is 3.43. The molecule has 0 aliphatic heterocycles. The van der Waals surface area contributed by atoms with Crippen molar-refractivity contribution >= 4 is 18.1 Å². The van der Waals surface area contributed by atoms with E-state index in [1.54, 1.807) is 12.3 Å². The number of aryl methyl sites for hydroxylation is 1. The molecule has 58 valence electrons. The van der Waals surface area contributed by atoms with E-state index in [2.05, 4.69) is 10.9 Å². The molecular formula is C8H9ClN2. The van der Waals surface area contributed by atoms with Crippen LogP contribution in [0.2, 0.25) is 0 Å². The maximum Gasteiger partial charge on any atom is 0.113 e. The highest BCUT2D eigenvalue weighted by Gasteiger charge is 1.93. The van der Waals surface area contributed by atoms with E-state index < -0.39 is 0 Å². The van der Waals surface area contributed by atoms with Gasteiger partial charge in [0.1, 0.15) is 5.69 Å². The second kappa shape index (κ2) is 3.85. The van der Waals surface area contributed by atoms with Crippen LogP contribution in [0.4, 0.5) is 5.69 Å². The van der Waals surface area contributed by atoms with Crippen molar-refractivity contribution < 1.29 is 0 Å². The number of rotatable bonds is 0. The molecule has 0 atom stereocenters. The molecule has 0 bridgehead atoms. The molecule has 0 fully saturated rings. The summed E-state index contributed by atoms with van der Waals surface area (Å²) in [6.07, 6.45) is 6.69. The smallest absolute Gasteiger partial charge is 0.113 e. The van der Waals surface area contributed by atoms with Gasteiger partial charge in [-0.25, -0.2) is 4.98 Å². The molecule has 0 aromatic carbocycles. The van der Waals surface area contributed by atoms with Crippen LogP contribution < -0.4 is 5.73 Å². The van der Waals surface area contributed by atoms with Crippen molar-refractivity contribution in [1.82, 2.24) is 4.98 Å². The lowest BCUT2D eigenvalue weighted by molar-refractivity contribution is 1.26. The maximum absolute atomic E-state index is 5.51. The Balaban J connectivity index is 0.000001000. The summed E-state index contributed by atoms with van der Waals surface area (Å²) in [5.41, 5.74) is 7.80. The zero-order chi connectivity index (χ0) is 7.56. The fraction of sp³-hybridized carbons (Fsp3) is 0.125. The lowest BCUT2D eigenvalue weighted by Gasteiger charge is -1.97. The van der Waals surface area contributed by atoms with Crippen molar-refractivity contribution in [3.63, 3.8) is 0 Å². The number of pyridine rings is 1. The summed E-state index contributed by atoms with van der Waals surface area (Å²) >= 11 is 0. The monoisotopic (exact) mass is 168 g/mol. The molecule has 1 aromatic rings. The van der Waals surface area contributed by atoms with E-state index in [9.17, 15) is 0 Å².